The molecule has 1 saturated carbocycles. The molecule has 1 heterocycles. The number of aromatic nitrogens is 2. The maximum absolute atomic E-state index is 6.22. The molecule has 18 heavy (non-hydrogen) atoms. The normalized spacial score (nSPS) is 15.0. The zero-order valence-corrected chi connectivity index (χ0v) is 11.1. The van der Waals surface area contributed by atoms with Crippen LogP contribution in [0.1, 0.15) is 31.5 Å². The van der Waals surface area contributed by atoms with Crippen LogP contribution < -0.4 is 5.73 Å². The van der Waals surface area contributed by atoms with Crippen molar-refractivity contribution in [3.8, 4) is 11.3 Å². The van der Waals surface area contributed by atoms with Gasteiger partial charge >= 0.3 is 0 Å². The van der Waals surface area contributed by atoms with Gasteiger partial charge in [0.05, 0.1) is 0 Å². The summed E-state index contributed by atoms with van der Waals surface area (Å²) in [7, 11) is 0. The summed E-state index contributed by atoms with van der Waals surface area (Å²) >= 11 is 5.91. The van der Waals surface area contributed by atoms with Gasteiger partial charge in [0.2, 0.25) is 0 Å². The Morgan fingerprint density at radius 3 is 2.56 bits per heavy atom. The first-order valence-corrected chi connectivity index (χ1v) is 6.70. The Bertz CT molecular complexity index is 567. The summed E-state index contributed by atoms with van der Waals surface area (Å²) in [4.78, 5) is 4.74. The molecule has 3 rings (SSSR count). The zero-order chi connectivity index (χ0) is 12.7. The van der Waals surface area contributed by atoms with E-state index in [0.717, 1.165) is 34.5 Å². The second kappa shape index (κ2) is 4.32. The molecule has 0 bridgehead atoms. The van der Waals surface area contributed by atoms with Crippen molar-refractivity contribution in [3.05, 3.63) is 35.1 Å². The molecule has 4 heteroatoms. The molecule has 1 aromatic carbocycles. The highest BCUT2D eigenvalue weighted by Gasteiger charge is 2.30. The molecule has 0 saturated heterocycles. The van der Waals surface area contributed by atoms with Gasteiger partial charge < -0.3 is 10.3 Å². The molecule has 0 amide bonds. The van der Waals surface area contributed by atoms with Crippen LogP contribution in [0.25, 0.3) is 11.3 Å². The minimum atomic E-state index is 0.605. The topological polar surface area (TPSA) is 43.8 Å². The monoisotopic (exact) mass is 261 g/mol. The molecule has 0 spiro atoms. The summed E-state index contributed by atoms with van der Waals surface area (Å²) in [5.74, 6) is 2.51. The zero-order valence-electron chi connectivity index (χ0n) is 10.4. The van der Waals surface area contributed by atoms with E-state index in [1.165, 1.54) is 12.8 Å². The molecule has 94 valence electrons. The minimum absolute atomic E-state index is 0.605. The lowest BCUT2D eigenvalue weighted by molar-refractivity contribution is 0.708. The van der Waals surface area contributed by atoms with Crippen LogP contribution in [0.15, 0.2) is 24.3 Å². The largest absolute Gasteiger partial charge is 0.383 e. The van der Waals surface area contributed by atoms with Crippen molar-refractivity contribution in [1.29, 1.82) is 0 Å². The molecule has 0 aliphatic heterocycles. The average Bonchev–Trinajstić information content (AvgIpc) is 3.15. The van der Waals surface area contributed by atoms with Gasteiger partial charge in [-0.3, -0.25) is 0 Å². The highest BCUT2D eigenvalue weighted by atomic mass is 35.5. The number of anilines is 1. The Morgan fingerprint density at radius 2 is 2.00 bits per heavy atom. The SMILES string of the molecule is CCn1c(C2CC2)nc(-c2ccc(Cl)cc2)c1N. The lowest BCUT2D eigenvalue weighted by Gasteiger charge is -2.05. The third-order valence-corrected chi connectivity index (χ3v) is 3.66. The number of imidazole rings is 1. The summed E-state index contributed by atoms with van der Waals surface area (Å²) in [5, 5.41) is 0.731. The second-order valence-electron chi connectivity index (χ2n) is 4.73. The van der Waals surface area contributed by atoms with Gasteiger partial charge in [-0.25, -0.2) is 4.98 Å². The number of nitrogen functional groups attached to an aromatic ring is 1. The van der Waals surface area contributed by atoms with Crippen molar-refractivity contribution in [2.45, 2.75) is 32.2 Å². The summed E-state index contributed by atoms with van der Waals surface area (Å²) in [6.45, 7) is 2.98. The highest BCUT2D eigenvalue weighted by Crippen LogP contribution is 2.42. The van der Waals surface area contributed by atoms with Crippen LogP contribution in [0.2, 0.25) is 5.02 Å². The van der Waals surface area contributed by atoms with Crippen molar-refractivity contribution in [2.24, 2.45) is 0 Å². The summed E-state index contributed by atoms with van der Waals surface area (Å²) in [6.07, 6.45) is 2.47. The highest BCUT2D eigenvalue weighted by molar-refractivity contribution is 6.30. The molecule has 2 aromatic rings. The van der Waals surface area contributed by atoms with Gasteiger partial charge in [0, 0.05) is 23.0 Å². The second-order valence-corrected chi connectivity index (χ2v) is 5.17. The van der Waals surface area contributed by atoms with Crippen LogP contribution in [-0.2, 0) is 6.54 Å². The standard InChI is InChI=1S/C14H16ClN3/c1-2-18-13(16)12(17-14(18)10-3-4-10)9-5-7-11(15)8-6-9/h5-8,10H,2-4,16H2,1H3. The third-order valence-electron chi connectivity index (χ3n) is 3.41. The number of benzene rings is 1. The van der Waals surface area contributed by atoms with Crippen molar-refractivity contribution >= 4 is 17.4 Å². The van der Waals surface area contributed by atoms with E-state index < -0.39 is 0 Å². The van der Waals surface area contributed by atoms with Crippen molar-refractivity contribution < 1.29 is 0 Å². The number of hydrogen-bond acceptors (Lipinski definition) is 2. The maximum Gasteiger partial charge on any atom is 0.131 e. The van der Waals surface area contributed by atoms with Gasteiger partial charge in [-0.1, -0.05) is 23.7 Å². The maximum atomic E-state index is 6.22. The number of hydrogen-bond donors (Lipinski definition) is 1. The van der Waals surface area contributed by atoms with Gasteiger partial charge in [0.15, 0.2) is 0 Å². The van der Waals surface area contributed by atoms with Crippen LogP contribution in [0.3, 0.4) is 0 Å². The summed E-state index contributed by atoms with van der Waals surface area (Å²) in [6, 6.07) is 7.69. The Morgan fingerprint density at radius 1 is 1.33 bits per heavy atom. The first-order valence-electron chi connectivity index (χ1n) is 6.32. The fraction of sp³-hybridized carbons (Fsp3) is 0.357. The van der Waals surface area contributed by atoms with Gasteiger partial charge in [-0.15, -0.1) is 0 Å². The Balaban J connectivity index is 2.08. The molecule has 0 atom stereocenters. The molecule has 1 aliphatic rings. The molecule has 3 nitrogen and oxygen atoms in total. The third kappa shape index (κ3) is 1.89. The lowest BCUT2D eigenvalue weighted by Crippen LogP contribution is -2.04. The Hall–Kier alpha value is -1.48. The predicted molar refractivity (Wildman–Crippen MR) is 74.7 cm³/mol. The number of halogens is 1. The van der Waals surface area contributed by atoms with E-state index in [2.05, 4.69) is 11.5 Å². The summed E-state index contributed by atoms with van der Waals surface area (Å²) in [5.41, 5.74) is 8.14. The van der Waals surface area contributed by atoms with E-state index in [1.54, 1.807) is 0 Å². The van der Waals surface area contributed by atoms with Gasteiger partial charge in [-0.05, 0) is 31.9 Å². The average molecular weight is 262 g/mol. The first-order chi connectivity index (χ1) is 8.70. The van der Waals surface area contributed by atoms with Crippen LogP contribution in [-0.4, -0.2) is 9.55 Å². The van der Waals surface area contributed by atoms with Crippen LogP contribution in [0, 0.1) is 0 Å². The molecule has 1 fully saturated rings. The van der Waals surface area contributed by atoms with Gasteiger partial charge in [-0.2, -0.15) is 0 Å². The Kier molecular flexibility index (Phi) is 2.78. The van der Waals surface area contributed by atoms with E-state index in [9.17, 15) is 0 Å². The molecule has 1 aromatic heterocycles. The summed E-state index contributed by atoms with van der Waals surface area (Å²) < 4.78 is 2.13. The number of rotatable bonds is 3. The van der Waals surface area contributed by atoms with E-state index in [-0.39, 0.29) is 0 Å². The first kappa shape index (κ1) is 11.6. The fourth-order valence-corrected chi connectivity index (χ4v) is 2.42. The smallest absolute Gasteiger partial charge is 0.131 e. The number of nitrogens with two attached hydrogens (primary N) is 1. The minimum Gasteiger partial charge on any atom is -0.383 e. The van der Waals surface area contributed by atoms with Gasteiger partial charge in [0.1, 0.15) is 17.3 Å². The van der Waals surface area contributed by atoms with Gasteiger partial charge in [0.25, 0.3) is 0 Å². The van der Waals surface area contributed by atoms with E-state index in [1.807, 2.05) is 24.3 Å². The van der Waals surface area contributed by atoms with E-state index >= 15 is 0 Å². The fourth-order valence-electron chi connectivity index (χ4n) is 2.29. The van der Waals surface area contributed by atoms with Crippen LogP contribution in [0.5, 0.6) is 0 Å². The van der Waals surface area contributed by atoms with Crippen LogP contribution in [0.4, 0.5) is 5.82 Å². The number of nitrogens with zero attached hydrogens (tertiary/aromatic N) is 2. The van der Waals surface area contributed by atoms with Crippen molar-refractivity contribution in [2.75, 3.05) is 5.73 Å². The Labute approximate surface area is 112 Å². The quantitative estimate of drug-likeness (QED) is 0.916. The molecule has 0 radical (unpaired) electrons. The molecular formula is C14H16ClN3. The van der Waals surface area contributed by atoms with Crippen molar-refractivity contribution in [3.63, 3.8) is 0 Å². The lowest BCUT2D eigenvalue weighted by atomic mass is 10.1. The van der Waals surface area contributed by atoms with E-state index in [0.29, 0.717) is 5.92 Å². The molecule has 0 unspecified atom stereocenters. The predicted octanol–water partition coefficient (Wildman–Crippen LogP) is 3.68. The van der Waals surface area contributed by atoms with Crippen molar-refractivity contribution in [1.82, 2.24) is 9.55 Å². The molecule has 2 N–H and O–H groups in total. The molecular weight excluding hydrogens is 246 g/mol. The van der Waals surface area contributed by atoms with E-state index in [4.69, 9.17) is 22.3 Å². The van der Waals surface area contributed by atoms with Crippen LogP contribution >= 0.6 is 11.6 Å². The molecule has 1 aliphatic carbocycles.